The van der Waals surface area contributed by atoms with E-state index in [2.05, 4.69) is 18.0 Å². The topological polar surface area (TPSA) is 47.2 Å². The van der Waals surface area contributed by atoms with Crippen LogP contribution in [0, 0.1) is 25.1 Å². The average molecular weight is 506 g/mol. The Bertz CT molecular complexity index is 1600. The normalized spacial score (nSPS) is 18.5. The molecule has 1 atom stereocenters. The Balaban J connectivity index is 1.54. The zero-order chi connectivity index (χ0) is 24.5. The van der Waals surface area contributed by atoms with Gasteiger partial charge in [-0.1, -0.05) is 24.9 Å². The minimum Gasteiger partial charge on any atom is -0.311 e. The lowest BCUT2D eigenvalue weighted by atomic mass is 9.64. The number of hydrogen-bond donors (Lipinski definition) is 0. The van der Waals surface area contributed by atoms with Crippen LogP contribution < -0.4 is 5.43 Å². The van der Waals surface area contributed by atoms with E-state index in [0.29, 0.717) is 27.3 Å². The van der Waals surface area contributed by atoms with Crippen LogP contribution >= 0.6 is 22.9 Å². The maximum absolute atomic E-state index is 15.0. The summed E-state index contributed by atoms with van der Waals surface area (Å²) in [5.74, 6) is -0.458. The molecule has 1 unspecified atom stereocenters. The number of benzene rings is 1. The minimum absolute atomic E-state index is 0.147. The number of fused-ring (bicyclic) bond motifs is 2. The molecule has 0 radical (unpaired) electrons. The van der Waals surface area contributed by atoms with Gasteiger partial charge in [-0.25, -0.2) is 9.37 Å². The Morgan fingerprint density at radius 2 is 2.00 bits per heavy atom. The smallest absolute Gasteiger partial charge is 0.216 e. The second-order valence-electron chi connectivity index (χ2n) is 10.1. The fraction of sp³-hybridized carbons (Fsp3) is 0.321. The molecule has 4 nitrogen and oxygen atoms in total. The number of aromatic nitrogens is 2. The Kier molecular flexibility index (Phi) is 5.24. The molecule has 1 saturated carbocycles. The fourth-order valence-electron chi connectivity index (χ4n) is 5.24. The number of aliphatic imine (C=N–C) groups is 1. The van der Waals surface area contributed by atoms with Gasteiger partial charge in [-0.3, -0.25) is 9.79 Å². The summed E-state index contributed by atoms with van der Waals surface area (Å²) in [6, 6.07) is 8.88. The van der Waals surface area contributed by atoms with Crippen LogP contribution in [0.15, 0.2) is 46.3 Å². The first-order chi connectivity index (χ1) is 16.7. The average Bonchev–Trinajstić information content (AvgIpc) is 3.23. The van der Waals surface area contributed by atoms with Crippen molar-refractivity contribution in [3.05, 3.63) is 79.3 Å². The number of halogens is 2. The molecule has 35 heavy (non-hydrogen) atoms. The van der Waals surface area contributed by atoms with Gasteiger partial charge in [-0.15, -0.1) is 11.3 Å². The summed E-state index contributed by atoms with van der Waals surface area (Å²) in [4.78, 5) is 25.2. The van der Waals surface area contributed by atoms with E-state index in [1.54, 1.807) is 34.2 Å². The summed E-state index contributed by atoms with van der Waals surface area (Å²) < 4.78 is 16.8. The molecular formula is C28H25ClFN3OS. The van der Waals surface area contributed by atoms with Crippen LogP contribution in [0.4, 0.5) is 4.39 Å². The number of thiophene rings is 1. The number of pyridine rings is 2. The van der Waals surface area contributed by atoms with Gasteiger partial charge in [0.2, 0.25) is 5.43 Å². The first kappa shape index (κ1) is 22.6. The molecule has 0 spiro atoms. The largest absolute Gasteiger partial charge is 0.311 e. The van der Waals surface area contributed by atoms with Crippen molar-refractivity contribution in [2.75, 3.05) is 0 Å². The summed E-state index contributed by atoms with van der Waals surface area (Å²) in [5.41, 5.74) is 4.83. The molecule has 0 saturated heterocycles. The number of nitrogens with zero attached hydrogens (tertiary/aromatic N) is 3. The van der Waals surface area contributed by atoms with Crippen molar-refractivity contribution in [3.63, 3.8) is 0 Å². The fourth-order valence-corrected chi connectivity index (χ4v) is 6.47. The molecule has 3 aromatic heterocycles. The van der Waals surface area contributed by atoms with Gasteiger partial charge >= 0.3 is 0 Å². The predicted octanol–water partition coefficient (Wildman–Crippen LogP) is 7.06. The summed E-state index contributed by atoms with van der Waals surface area (Å²) in [6.45, 7) is 6.15. The Morgan fingerprint density at radius 3 is 2.71 bits per heavy atom. The maximum Gasteiger partial charge on any atom is 0.216 e. The van der Waals surface area contributed by atoms with Crippen molar-refractivity contribution < 1.29 is 4.39 Å². The van der Waals surface area contributed by atoms with E-state index in [1.807, 2.05) is 26.1 Å². The van der Waals surface area contributed by atoms with E-state index in [9.17, 15) is 4.79 Å². The predicted molar refractivity (Wildman–Crippen MR) is 142 cm³/mol. The van der Waals surface area contributed by atoms with Crippen LogP contribution in [0.25, 0.3) is 27.2 Å². The number of aryl methyl sites for hydroxylation is 2. The molecule has 7 heteroatoms. The van der Waals surface area contributed by atoms with Crippen molar-refractivity contribution in [1.82, 2.24) is 9.55 Å². The van der Waals surface area contributed by atoms with Gasteiger partial charge in [0.15, 0.2) is 0 Å². The first-order valence-electron chi connectivity index (χ1n) is 11.9. The van der Waals surface area contributed by atoms with Gasteiger partial charge < -0.3 is 4.57 Å². The molecule has 4 aromatic rings. The van der Waals surface area contributed by atoms with Gasteiger partial charge in [0.1, 0.15) is 11.3 Å². The molecule has 1 aliphatic carbocycles. The lowest BCUT2D eigenvalue weighted by molar-refractivity contribution is 0.120. The van der Waals surface area contributed by atoms with E-state index in [1.165, 1.54) is 30.9 Å². The molecule has 0 N–H and O–H groups in total. The molecule has 1 fully saturated rings. The van der Waals surface area contributed by atoms with Crippen molar-refractivity contribution in [2.24, 2.45) is 10.4 Å². The highest BCUT2D eigenvalue weighted by atomic mass is 35.5. The first-order valence-corrected chi connectivity index (χ1v) is 13.1. The lowest BCUT2D eigenvalue weighted by Gasteiger charge is -2.44. The van der Waals surface area contributed by atoms with Gasteiger partial charge in [0.05, 0.1) is 22.8 Å². The highest BCUT2D eigenvalue weighted by Crippen LogP contribution is 2.47. The van der Waals surface area contributed by atoms with Crippen LogP contribution in [0.2, 0.25) is 5.02 Å². The van der Waals surface area contributed by atoms with Crippen molar-refractivity contribution in [2.45, 2.75) is 52.5 Å². The highest BCUT2D eigenvalue weighted by Gasteiger charge is 2.40. The Hall–Kier alpha value is -2.83. The Labute approximate surface area is 212 Å². The molecule has 1 aliphatic heterocycles. The highest BCUT2D eigenvalue weighted by molar-refractivity contribution is 7.17. The summed E-state index contributed by atoms with van der Waals surface area (Å²) >= 11 is 7.58. The van der Waals surface area contributed by atoms with E-state index in [4.69, 9.17) is 16.6 Å². The summed E-state index contributed by atoms with van der Waals surface area (Å²) in [7, 11) is 0. The van der Waals surface area contributed by atoms with E-state index in [0.717, 1.165) is 27.4 Å². The van der Waals surface area contributed by atoms with Crippen molar-refractivity contribution in [1.29, 1.82) is 0 Å². The summed E-state index contributed by atoms with van der Waals surface area (Å²) in [5, 5.41) is 0.321. The standard InChI is InChI=1S/C28H25ClFN3OS/c1-15-9-22-26(32-16(15)2)27(34)19(14-33(22)21-6-5-18(29)12-20(21)30)23-10-17-11-25(28(3)7-4-8-28)31-13-24(17)35-23/h5-6,9-10,12-14,25H,4,7-8,11H2,1-3H3. The van der Waals surface area contributed by atoms with Gasteiger partial charge in [0.25, 0.3) is 0 Å². The Morgan fingerprint density at radius 1 is 1.20 bits per heavy atom. The van der Waals surface area contributed by atoms with Gasteiger partial charge in [-0.2, -0.15) is 0 Å². The maximum atomic E-state index is 15.0. The van der Waals surface area contributed by atoms with Gasteiger partial charge in [-0.05, 0) is 80.0 Å². The second kappa shape index (κ2) is 8.10. The van der Waals surface area contributed by atoms with E-state index >= 15 is 4.39 Å². The van der Waals surface area contributed by atoms with Gasteiger partial charge in [0, 0.05) is 32.9 Å². The number of hydrogen-bond acceptors (Lipinski definition) is 4. The van der Waals surface area contributed by atoms with Crippen molar-refractivity contribution >= 4 is 40.2 Å². The van der Waals surface area contributed by atoms with Crippen LogP contribution in [0.3, 0.4) is 0 Å². The molecule has 0 bridgehead atoms. The SMILES string of the molecule is Cc1cc2c(nc1C)c(=O)c(-c1cc3c(s1)C=NC(C1(C)CCC1)C3)cn2-c1ccc(Cl)cc1F. The summed E-state index contributed by atoms with van der Waals surface area (Å²) in [6.07, 6.45) is 8.32. The van der Waals surface area contributed by atoms with E-state index in [-0.39, 0.29) is 16.9 Å². The van der Waals surface area contributed by atoms with Crippen LogP contribution in [-0.4, -0.2) is 21.8 Å². The number of rotatable bonds is 3. The molecule has 178 valence electrons. The molecule has 6 rings (SSSR count). The monoisotopic (exact) mass is 505 g/mol. The third-order valence-corrected chi connectivity index (χ3v) is 9.17. The zero-order valence-electron chi connectivity index (χ0n) is 19.9. The minimum atomic E-state index is -0.458. The van der Waals surface area contributed by atoms with Crippen LogP contribution in [0.5, 0.6) is 0 Å². The molecular weight excluding hydrogens is 481 g/mol. The molecule has 0 amide bonds. The third-order valence-electron chi connectivity index (χ3n) is 7.79. The van der Waals surface area contributed by atoms with Crippen LogP contribution in [0.1, 0.15) is 47.9 Å². The van der Waals surface area contributed by atoms with E-state index < -0.39 is 5.82 Å². The quantitative estimate of drug-likeness (QED) is 0.299. The third kappa shape index (κ3) is 3.66. The second-order valence-corrected chi connectivity index (χ2v) is 11.6. The molecule has 2 aliphatic rings. The van der Waals surface area contributed by atoms with Crippen LogP contribution in [-0.2, 0) is 6.42 Å². The van der Waals surface area contributed by atoms with Crippen molar-refractivity contribution in [3.8, 4) is 16.1 Å². The zero-order valence-corrected chi connectivity index (χ0v) is 21.4. The lowest BCUT2D eigenvalue weighted by Crippen LogP contribution is -2.39. The molecule has 4 heterocycles. The molecule has 1 aromatic carbocycles.